The fourth-order valence-electron chi connectivity index (χ4n) is 6.07. The number of ether oxygens (including phenoxy) is 1. The fourth-order valence-corrected chi connectivity index (χ4v) is 6.07. The molecule has 1 aromatic heterocycles. The fraction of sp³-hybridized carbons (Fsp3) is 0.485. The molecule has 10 nitrogen and oxygen atoms in total. The van der Waals surface area contributed by atoms with Crippen LogP contribution >= 0.6 is 0 Å². The van der Waals surface area contributed by atoms with Gasteiger partial charge < -0.3 is 25.3 Å². The van der Waals surface area contributed by atoms with Crippen LogP contribution < -0.4 is 10.2 Å². The molecule has 6 rings (SSSR count). The van der Waals surface area contributed by atoms with E-state index in [2.05, 4.69) is 10.2 Å². The van der Waals surface area contributed by atoms with Gasteiger partial charge in [-0.2, -0.15) is 0 Å². The lowest BCUT2D eigenvalue weighted by Crippen LogP contribution is -2.50. The van der Waals surface area contributed by atoms with Crippen molar-refractivity contribution in [3.63, 3.8) is 0 Å². The van der Waals surface area contributed by atoms with Crippen LogP contribution in [0.5, 0.6) is 0 Å². The number of allylic oxidation sites excluding steroid dienone is 1. The number of anilines is 1. The maximum atomic E-state index is 12.8. The van der Waals surface area contributed by atoms with Gasteiger partial charge in [0, 0.05) is 68.4 Å². The highest BCUT2D eigenvalue weighted by atomic mass is 16.6. The van der Waals surface area contributed by atoms with Gasteiger partial charge in [-0.1, -0.05) is 12.1 Å². The van der Waals surface area contributed by atoms with E-state index in [-0.39, 0.29) is 35.8 Å². The normalized spacial score (nSPS) is 22.3. The SMILES string of the molecule is CC(C)(C)OC(=O)N1CCN(c2cccnc2/C(=C/NC2CC(CN3C(=O)c4ccccc4C3=O)C2)C(=N)C2CC2)CC1. The van der Waals surface area contributed by atoms with Crippen LogP contribution in [0.3, 0.4) is 0 Å². The Morgan fingerprint density at radius 1 is 1.02 bits per heavy atom. The molecule has 0 unspecified atom stereocenters. The van der Waals surface area contributed by atoms with Gasteiger partial charge in [-0.25, -0.2) is 4.79 Å². The monoisotopic (exact) mass is 584 g/mol. The molecule has 0 spiro atoms. The Morgan fingerprint density at radius 2 is 1.67 bits per heavy atom. The summed E-state index contributed by atoms with van der Waals surface area (Å²) in [4.78, 5) is 48.2. The summed E-state index contributed by atoms with van der Waals surface area (Å²) in [6.07, 6.45) is 7.14. The molecule has 2 aliphatic carbocycles. The highest BCUT2D eigenvalue weighted by molar-refractivity contribution is 6.24. The number of piperazine rings is 1. The van der Waals surface area contributed by atoms with Crippen molar-refractivity contribution in [3.8, 4) is 0 Å². The van der Waals surface area contributed by atoms with Gasteiger partial charge in [-0.15, -0.1) is 0 Å². The lowest BCUT2D eigenvalue weighted by atomic mass is 9.80. The lowest BCUT2D eigenvalue weighted by Gasteiger charge is -2.38. The Labute approximate surface area is 252 Å². The van der Waals surface area contributed by atoms with Crippen molar-refractivity contribution in [3.05, 3.63) is 65.6 Å². The molecule has 43 heavy (non-hydrogen) atoms. The number of nitrogens with zero attached hydrogens (tertiary/aromatic N) is 4. The molecular weight excluding hydrogens is 544 g/mol. The Kier molecular flexibility index (Phi) is 7.70. The number of carbonyl (C=O) groups is 3. The first kappa shape index (κ1) is 28.9. The van der Waals surface area contributed by atoms with Gasteiger partial charge in [-0.05, 0) is 76.6 Å². The maximum absolute atomic E-state index is 12.8. The number of hydrogen-bond donors (Lipinski definition) is 2. The summed E-state index contributed by atoms with van der Waals surface area (Å²) in [6.45, 7) is 8.45. The highest BCUT2D eigenvalue weighted by Gasteiger charge is 2.40. The molecule has 226 valence electrons. The number of imide groups is 1. The number of amides is 3. The third-order valence-corrected chi connectivity index (χ3v) is 8.61. The van der Waals surface area contributed by atoms with Crippen LogP contribution in [0.15, 0.2) is 48.8 Å². The predicted octanol–water partition coefficient (Wildman–Crippen LogP) is 4.57. The largest absolute Gasteiger partial charge is 0.444 e. The molecule has 3 heterocycles. The van der Waals surface area contributed by atoms with Gasteiger partial charge in [0.15, 0.2) is 0 Å². The van der Waals surface area contributed by atoms with E-state index in [1.165, 1.54) is 4.90 Å². The second-order valence-corrected chi connectivity index (χ2v) is 13.0. The molecule has 0 radical (unpaired) electrons. The number of aromatic nitrogens is 1. The van der Waals surface area contributed by atoms with E-state index in [1.807, 2.05) is 39.1 Å². The van der Waals surface area contributed by atoms with Gasteiger partial charge in [0.1, 0.15) is 5.60 Å². The number of hydrogen-bond acceptors (Lipinski definition) is 8. The number of fused-ring (bicyclic) bond motifs is 1. The zero-order chi connectivity index (χ0) is 30.3. The zero-order valence-corrected chi connectivity index (χ0v) is 25.1. The molecule has 3 fully saturated rings. The third-order valence-electron chi connectivity index (χ3n) is 8.61. The smallest absolute Gasteiger partial charge is 0.410 e. The first-order chi connectivity index (χ1) is 20.6. The summed E-state index contributed by atoms with van der Waals surface area (Å²) in [5, 5.41) is 12.5. The number of nitrogens with one attached hydrogen (secondary N) is 2. The molecule has 4 aliphatic rings. The first-order valence-corrected chi connectivity index (χ1v) is 15.3. The van der Waals surface area contributed by atoms with Crippen molar-refractivity contribution < 1.29 is 19.1 Å². The summed E-state index contributed by atoms with van der Waals surface area (Å²) in [6, 6.07) is 11.2. The van der Waals surface area contributed by atoms with Crippen molar-refractivity contribution in [2.75, 3.05) is 37.6 Å². The highest BCUT2D eigenvalue weighted by Crippen LogP contribution is 2.38. The summed E-state index contributed by atoms with van der Waals surface area (Å²) < 4.78 is 5.56. The van der Waals surface area contributed by atoms with Crippen LogP contribution in [-0.4, -0.2) is 82.8 Å². The standard InChI is InChI=1S/C33H40N6O4/c1-33(2,3)43-32(42)38-15-13-37(14-16-38)27-9-6-12-35-29(27)26(28(34)22-10-11-22)19-36-23-17-21(18-23)20-39-30(40)24-7-4-5-8-25(24)31(39)41/h4-9,12,19,21-23,34,36H,10-11,13-18,20H2,1-3H3/b26-19+,34-28?. The van der Waals surface area contributed by atoms with Crippen molar-refractivity contribution in [2.45, 2.75) is 58.1 Å². The molecule has 1 saturated heterocycles. The predicted molar refractivity (Wildman–Crippen MR) is 164 cm³/mol. The Balaban J connectivity index is 1.10. The van der Waals surface area contributed by atoms with Crippen molar-refractivity contribution in [1.29, 1.82) is 5.41 Å². The van der Waals surface area contributed by atoms with Crippen LogP contribution in [-0.2, 0) is 4.74 Å². The molecule has 0 bridgehead atoms. The number of rotatable bonds is 8. The number of carbonyl (C=O) groups excluding carboxylic acids is 3. The number of benzene rings is 1. The molecular formula is C33H40N6O4. The van der Waals surface area contributed by atoms with E-state index in [4.69, 9.17) is 15.1 Å². The van der Waals surface area contributed by atoms with Gasteiger partial charge in [0.2, 0.25) is 0 Å². The Morgan fingerprint density at radius 3 is 2.28 bits per heavy atom. The van der Waals surface area contributed by atoms with Gasteiger partial charge >= 0.3 is 6.09 Å². The second kappa shape index (κ2) is 11.5. The van der Waals surface area contributed by atoms with E-state index in [1.54, 1.807) is 35.4 Å². The van der Waals surface area contributed by atoms with Crippen molar-refractivity contribution in [2.24, 2.45) is 11.8 Å². The zero-order valence-electron chi connectivity index (χ0n) is 25.1. The van der Waals surface area contributed by atoms with Gasteiger partial charge in [-0.3, -0.25) is 19.5 Å². The topological polar surface area (TPSA) is 119 Å². The minimum atomic E-state index is -0.532. The lowest BCUT2D eigenvalue weighted by molar-refractivity contribution is 0.0240. The van der Waals surface area contributed by atoms with Crippen molar-refractivity contribution >= 4 is 34.9 Å². The average molecular weight is 585 g/mol. The average Bonchev–Trinajstić information content (AvgIpc) is 3.79. The van der Waals surface area contributed by atoms with E-state index < -0.39 is 5.60 Å². The van der Waals surface area contributed by atoms with E-state index in [9.17, 15) is 14.4 Å². The van der Waals surface area contributed by atoms with Gasteiger partial charge in [0.25, 0.3) is 11.8 Å². The summed E-state index contributed by atoms with van der Waals surface area (Å²) >= 11 is 0. The molecule has 1 aromatic carbocycles. The van der Waals surface area contributed by atoms with Crippen molar-refractivity contribution in [1.82, 2.24) is 20.1 Å². The molecule has 10 heteroatoms. The van der Waals surface area contributed by atoms with Crippen LogP contribution in [0.25, 0.3) is 5.57 Å². The third kappa shape index (κ3) is 6.14. The second-order valence-electron chi connectivity index (χ2n) is 13.0. The Bertz CT molecular complexity index is 1430. The quantitative estimate of drug-likeness (QED) is 0.345. The van der Waals surface area contributed by atoms with E-state index >= 15 is 0 Å². The minimum Gasteiger partial charge on any atom is -0.444 e. The van der Waals surface area contributed by atoms with Crippen LogP contribution in [0.2, 0.25) is 0 Å². The van der Waals surface area contributed by atoms with Crippen LogP contribution in [0.4, 0.5) is 10.5 Å². The molecule has 2 aromatic rings. The van der Waals surface area contributed by atoms with Gasteiger partial charge in [0.05, 0.1) is 22.5 Å². The molecule has 2 aliphatic heterocycles. The van der Waals surface area contributed by atoms with E-state index in [0.717, 1.165) is 42.6 Å². The Hall–Kier alpha value is -4.21. The molecule has 3 amide bonds. The van der Waals surface area contributed by atoms with E-state index in [0.29, 0.717) is 49.6 Å². The molecule has 2 N–H and O–H groups in total. The summed E-state index contributed by atoms with van der Waals surface area (Å²) in [5.74, 6) is 0.0828. The summed E-state index contributed by atoms with van der Waals surface area (Å²) in [5.41, 5.74) is 3.59. The number of pyridine rings is 1. The minimum absolute atomic E-state index is 0.201. The summed E-state index contributed by atoms with van der Waals surface area (Å²) in [7, 11) is 0. The first-order valence-electron chi connectivity index (χ1n) is 15.3. The van der Waals surface area contributed by atoms with Crippen LogP contribution in [0, 0.1) is 17.2 Å². The van der Waals surface area contributed by atoms with Crippen LogP contribution in [0.1, 0.15) is 72.9 Å². The molecule has 2 saturated carbocycles. The maximum Gasteiger partial charge on any atom is 0.410 e. The molecule has 0 atom stereocenters.